The standard InChI is InChI=1S/C15H24O4/c1-3-8-12(13(16)17)15(4-2,14(18)19)11-9-6-5-7-10-11/h8,11H,3-7,9-10H2,1-2H3,(H,16,17)(H,18,19). The fourth-order valence-corrected chi connectivity index (χ4v) is 3.40. The van der Waals surface area contributed by atoms with E-state index in [1.54, 1.807) is 13.0 Å². The van der Waals surface area contributed by atoms with E-state index in [0.29, 0.717) is 12.8 Å². The molecule has 1 unspecified atom stereocenters. The van der Waals surface area contributed by atoms with Crippen molar-refractivity contribution in [3.8, 4) is 0 Å². The topological polar surface area (TPSA) is 74.6 Å². The second-order valence-corrected chi connectivity index (χ2v) is 5.30. The Balaban J connectivity index is 3.27. The third-order valence-electron chi connectivity index (χ3n) is 4.36. The van der Waals surface area contributed by atoms with Gasteiger partial charge in [0.2, 0.25) is 0 Å². The molecule has 0 radical (unpaired) electrons. The number of aliphatic carboxylic acids is 2. The number of hydrogen-bond acceptors (Lipinski definition) is 2. The van der Waals surface area contributed by atoms with E-state index in [0.717, 1.165) is 32.1 Å². The van der Waals surface area contributed by atoms with Crippen LogP contribution in [0.1, 0.15) is 58.8 Å². The first-order valence-corrected chi connectivity index (χ1v) is 7.18. The van der Waals surface area contributed by atoms with Crippen molar-refractivity contribution in [2.45, 2.75) is 58.8 Å². The molecule has 0 aromatic heterocycles. The Labute approximate surface area is 114 Å². The van der Waals surface area contributed by atoms with Gasteiger partial charge in [0.15, 0.2) is 0 Å². The van der Waals surface area contributed by atoms with Gasteiger partial charge in [-0.1, -0.05) is 39.2 Å². The molecule has 0 spiro atoms. The molecule has 1 aliphatic carbocycles. The van der Waals surface area contributed by atoms with Gasteiger partial charge < -0.3 is 10.2 Å². The highest BCUT2D eigenvalue weighted by molar-refractivity contribution is 5.96. The summed E-state index contributed by atoms with van der Waals surface area (Å²) in [7, 11) is 0. The molecule has 0 heterocycles. The molecule has 0 bridgehead atoms. The summed E-state index contributed by atoms with van der Waals surface area (Å²) in [5, 5.41) is 19.1. The summed E-state index contributed by atoms with van der Waals surface area (Å²) in [5.74, 6) is -2.13. The Morgan fingerprint density at radius 2 is 1.74 bits per heavy atom. The molecule has 2 N–H and O–H groups in total. The zero-order valence-electron chi connectivity index (χ0n) is 11.8. The van der Waals surface area contributed by atoms with Gasteiger partial charge in [0.05, 0.1) is 5.57 Å². The minimum absolute atomic E-state index is 0.0577. The Morgan fingerprint density at radius 1 is 1.16 bits per heavy atom. The zero-order chi connectivity index (χ0) is 14.5. The minimum Gasteiger partial charge on any atom is -0.481 e. The van der Waals surface area contributed by atoms with E-state index in [4.69, 9.17) is 0 Å². The van der Waals surface area contributed by atoms with Gasteiger partial charge in [-0.25, -0.2) is 4.79 Å². The predicted octanol–water partition coefficient (Wildman–Crippen LogP) is 3.47. The summed E-state index contributed by atoms with van der Waals surface area (Å²) < 4.78 is 0. The molecular weight excluding hydrogens is 244 g/mol. The van der Waals surface area contributed by atoms with Crippen LogP contribution in [0.15, 0.2) is 11.6 Å². The maximum Gasteiger partial charge on any atom is 0.332 e. The number of carbonyl (C=O) groups is 2. The second kappa shape index (κ2) is 6.73. The van der Waals surface area contributed by atoms with Crippen molar-refractivity contribution >= 4 is 11.9 Å². The van der Waals surface area contributed by atoms with E-state index in [-0.39, 0.29) is 11.5 Å². The van der Waals surface area contributed by atoms with Crippen molar-refractivity contribution in [2.75, 3.05) is 0 Å². The van der Waals surface area contributed by atoms with Crippen LogP contribution in [0.3, 0.4) is 0 Å². The van der Waals surface area contributed by atoms with Crippen LogP contribution in [-0.4, -0.2) is 22.2 Å². The van der Waals surface area contributed by atoms with Crippen molar-refractivity contribution in [2.24, 2.45) is 11.3 Å². The SMILES string of the molecule is CCC=C(C(=O)O)C(CC)(C(=O)O)C1CCCCC1. The molecule has 0 saturated heterocycles. The maximum absolute atomic E-state index is 11.9. The molecule has 1 aliphatic rings. The number of carboxylic acid groups (broad SMARTS) is 2. The monoisotopic (exact) mass is 268 g/mol. The molecule has 0 amide bonds. The largest absolute Gasteiger partial charge is 0.481 e. The summed E-state index contributed by atoms with van der Waals surface area (Å²) in [6.07, 6.45) is 7.21. The van der Waals surface area contributed by atoms with E-state index < -0.39 is 17.4 Å². The van der Waals surface area contributed by atoms with Crippen molar-refractivity contribution in [1.82, 2.24) is 0 Å². The van der Waals surface area contributed by atoms with Crippen molar-refractivity contribution in [3.63, 3.8) is 0 Å². The van der Waals surface area contributed by atoms with Gasteiger partial charge in [-0.2, -0.15) is 0 Å². The fraction of sp³-hybridized carbons (Fsp3) is 0.733. The molecule has 19 heavy (non-hydrogen) atoms. The maximum atomic E-state index is 11.9. The van der Waals surface area contributed by atoms with Crippen LogP contribution in [0.4, 0.5) is 0 Å². The van der Waals surface area contributed by atoms with Crippen LogP contribution < -0.4 is 0 Å². The van der Waals surface area contributed by atoms with Crippen LogP contribution in [-0.2, 0) is 9.59 Å². The molecule has 1 saturated carbocycles. The zero-order valence-corrected chi connectivity index (χ0v) is 11.8. The summed E-state index contributed by atoms with van der Waals surface area (Å²) in [6.45, 7) is 3.63. The average molecular weight is 268 g/mol. The fourth-order valence-electron chi connectivity index (χ4n) is 3.40. The van der Waals surface area contributed by atoms with E-state index in [1.165, 1.54) is 0 Å². The molecule has 0 aromatic carbocycles. The van der Waals surface area contributed by atoms with Gasteiger partial charge in [-0.15, -0.1) is 0 Å². The molecule has 0 aliphatic heterocycles. The second-order valence-electron chi connectivity index (χ2n) is 5.30. The molecular formula is C15H24O4. The smallest absolute Gasteiger partial charge is 0.332 e. The lowest BCUT2D eigenvalue weighted by Crippen LogP contribution is -2.43. The molecule has 1 rings (SSSR count). The molecule has 108 valence electrons. The first kappa shape index (κ1) is 15.7. The molecule has 4 heteroatoms. The minimum atomic E-state index is -1.22. The van der Waals surface area contributed by atoms with Gasteiger partial charge in [0, 0.05) is 0 Å². The predicted molar refractivity (Wildman–Crippen MR) is 72.9 cm³/mol. The van der Waals surface area contributed by atoms with E-state index in [1.807, 2.05) is 6.92 Å². The average Bonchev–Trinajstić information content (AvgIpc) is 2.39. The molecule has 4 nitrogen and oxygen atoms in total. The third-order valence-corrected chi connectivity index (χ3v) is 4.36. The number of allylic oxidation sites excluding steroid dienone is 1. The van der Waals surface area contributed by atoms with Crippen molar-refractivity contribution in [3.05, 3.63) is 11.6 Å². The summed E-state index contributed by atoms with van der Waals surface area (Å²) in [4.78, 5) is 23.4. The normalized spacial score (nSPS) is 20.8. The number of rotatable bonds is 6. The van der Waals surface area contributed by atoms with Gasteiger partial charge in [0.25, 0.3) is 0 Å². The van der Waals surface area contributed by atoms with Crippen LogP contribution in [0.25, 0.3) is 0 Å². The Kier molecular flexibility index (Phi) is 5.58. The van der Waals surface area contributed by atoms with E-state index in [9.17, 15) is 19.8 Å². The summed E-state index contributed by atoms with van der Waals surface area (Å²) in [6, 6.07) is 0. The first-order valence-electron chi connectivity index (χ1n) is 7.18. The highest BCUT2D eigenvalue weighted by Crippen LogP contribution is 2.46. The van der Waals surface area contributed by atoms with Crippen LogP contribution in [0.2, 0.25) is 0 Å². The lowest BCUT2D eigenvalue weighted by Gasteiger charge is -2.39. The Morgan fingerprint density at radius 3 is 2.11 bits per heavy atom. The highest BCUT2D eigenvalue weighted by Gasteiger charge is 2.49. The molecule has 0 aromatic rings. The quantitative estimate of drug-likeness (QED) is 0.723. The lowest BCUT2D eigenvalue weighted by atomic mass is 9.63. The van der Waals surface area contributed by atoms with Gasteiger partial charge in [-0.3, -0.25) is 4.79 Å². The lowest BCUT2D eigenvalue weighted by molar-refractivity contribution is -0.154. The van der Waals surface area contributed by atoms with Crippen LogP contribution >= 0.6 is 0 Å². The van der Waals surface area contributed by atoms with Gasteiger partial charge in [0.1, 0.15) is 5.41 Å². The Hall–Kier alpha value is -1.32. The molecule has 1 fully saturated rings. The van der Waals surface area contributed by atoms with Gasteiger partial charge >= 0.3 is 11.9 Å². The summed E-state index contributed by atoms with van der Waals surface area (Å²) >= 11 is 0. The van der Waals surface area contributed by atoms with Crippen molar-refractivity contribution < 1.29 is 19.8 Å². The first-order chi connectivity index (χ1) is 9.00. The van der Waals surface area contributed by atoms with E-state index in [2.05, 4.69) is 0 Å². The van der Waals surface area contributed by atoms with Crippen LogP contribution in [0.5, 0.6) is 0 Å². The Bertz CT molecular complexity index is 366. The molecule has 1 atom stereocenters. The highest BCUT2D eigenvalue weighted by atomic mass is 16.4. The number of hydrogen-bond donors (Lipinski definition) is 2. The number of carboxylic acids is 2. The van der Waals surface area contributed by atoms with Gasteiger partial charge in [-0.05, 0) is 31.6 Å². The third kappa shape index (κ3) is 2.99. The van der Waals surface area contributed by atoms with Crippen molar-refractivity contribution in [1.29, 1.82) is 0 Å². The summed E-state index contributed by atoms with van der Waals surface area (Å²) in [5.41, 5.74) is -1.14. The van der Waals surface area contributed by atoms with Crippen LogP contribution in [0, 0.1) is 11.3 Å². The van der Waals surface area contributed by atoms with E-state index >= 15 is 0 Å².